The van der Waals surface area contributed by atoms with Gasteiger partial charge in [-0.1, -0.05) is 31.2 Å². The summed E-state index contributed by atoms with van der Waals surface area (Å²) < 4.78 is 24.2. The number of methoxy groups -OCH3 is 1. The van der Waals surface area contributed by atoms with Crippen LogP contribution in [0.15, 0.2) is 12.1 Å². The van der Waals surface area contributed by atoms with E-state index < -0.39 is 8.07 Å². The van der Waals surface area contributed by atoms with Crippen molar-refractivity contribution in [1.82, 2.24) is 0 Å². The maximum absolute atomic E-state index is 14.0. The summed E-state index contributed by atoms with van der Waals surface area (Å²) in [4.78, 5) is 0. The molecule has 0 N–H and O–H groups in total. The maximum Gasteiger partial charge on any atom is 0.188 e. The van der Waals surface area contributed by atoms with Crippen molar-refractivity contribution in [2.75, 3.05) is 13.9 Å². The van der Waals surface area contributed by atoms with Crippen molar-refractivity contribution in [1.29, 1.82) is 0 Å². The Kier molecular flexibility index (Phi) is 4.35. The molecule has 0 saturated carbocycles. The highest BCUT2D eigenvalue weighted by molar-refractivity contribution is 6.89. The van der Waals surface area contributed by atoms with Crippen molar-refractivity contribution in [3.63, 3.8) is 0 Å². The Morgan fingerprint density at radius 2 is 1.94 bits per heavy atom. The van der Waals surface area contributed by atoms with Crippen LogP contribution in [0.3, 0.4) is 0 Å². The van der Waals surface area contributed by atoms with Crippen LogP contribution in [0, 0.1) is 5.82 Å². The summed E-state index contributed by atoms with van der Waals surface area (Å²) in [6, 6.07) is 3.20. The van der Waals surface area contributed by atoms with Gasteiger partial charge in [-0.15, -0.1) is 0 Å². The number of hydrogen-bond donors (Lipinski definition) is 0. The number of halogens is 2. The lowest BCUT2D eigenvalue weighted by Crippen LogP contribution is -2.41. The molecule has 1 rings (SSSR count). The van der Waals surface area contributed by atoms with Crippen LogP contribution in [0.2, 0.25) is 24.7 Å². The van der Waals surface area contributed by atoms with Crippen molar-refractivity contribution in [2.24, 2.45) is 0 Å². The molecule has 0 saturated heterocycles. The Morgan fingerprint density at radius 1 is 1.31 bits per heavy atom. The average molecular weight is 263 g/mol. The number of hydrogen-bond acceptors (Lipinski definition) is 2. The van der Waals surface area contributed by atoms with Crippen LogP contribution in [0.1, 0.15) is 0 Å². The van der Waals surface area contributed by atoms with E-state index in [0.29, 0.717) is 10.9 Å². The summed E-state index contributed by atoms with van der Waals surface area (Å²) in [5.41, 5.74) is 0. The molecule has 0 fully saturated rings. The van der Waals surface area contributed by atoms with Crippen molar-refractivity contribution >= 4 is 24.9 Å². The second-order valence-electron chi connectivity index (χ2n) is 4.54. The molecule has 1 aromatic rings. The second-order valence-corrected chi connectivity index (χ2v) is 9.94. The minimum Gasteiger partial charge on any atom is -0.468 e. The molecule has 0 aliphatic carbocycles. The van der Waals surface area contributed by atoms with Gasteiger partial charge in [-0.2, -0.15) is 0 Å². The average Bonchev–Trinajstić information content (AvgIpc) is 2.17. The van der Waals surface area contributed by atoms with Gasteiger partial charge in [0.15, 0.2) is 6.79 Å². The van der Waals surface area contributed by atoms with Crippen LogP contribution >= 0.6 is 11.6 Å². The molecular formula is C11H16ClFO2Si. The summed E-state index contributed by atoms with van der Waals surface area (Å²) in [6.45, 7) is 6.24. The Labute approximate surface area is 101 Å². The SMILES string of the molecule is COCOc1ccc(Cl)c(F)c1[Si](C)(C)C. The summed E-state index contributed by atoms with van der Waals surface area (Å²) >= 11 is 5.79. The van der Waals surface area contributed by atoms with E-state index in [2.05, 4.69) is 0 Å². The standard InChI is InChI=1S/C11H16ClFO2Si/c1-14-7-15-9-6-5-8(12)10(13)11(9)16(2,3)4/h5-6H,7H2,1-4H3. The van der Waals surface area contributed by atoms with Gasteiger partial charge < -0.3 is 9.47 Å². The summed E-state index contributed by atoms with van der Waals surface area (Å²) in [5, 5.41) is 0.749. The minimum absolute atomic E-state index is 0.110. The fourth-order valence-corrected chi connectivity index (χ4v) is 3.40. The number of benzene rings is 1. The van der Waals surface area contributed by atoms with E-state index in [1.807, 2.05) is 19.6 Å². The first-order valence-electron chi connectivity index (χ1n) is 4.98. The predicted octanol–water partition coefficient (Wildman–Crippen LogP) is 3.01. The molecule has 1 aromatic carbocycles. The molecule has 5 heteroatoms. The minimum atomic E-state index is -1.84. The van der Waals surface area contributed by atoms with Crippen LogP contribution in [-0.2, 0) is 4.74 Å². The number of ether oxygens (including phenoxy) is 2. The van der Waals surface area contributed by atoms with Gasteiger partial charge in [-0.05, 0) is 12.1 Å². The monoisotopic (exact) mass is 262 g/mol. The fourth-order valence-electron chi connectivity index (χ4n) is 1.47. The topological polar surface area (TPSA) is 18.5 Å². The maximum atomic E-state index is 14.0. The Morgan fingerprint density at radius 3 is 2.44 bits per heavy atom. The third-order valence-electron chi connectivity index (χ3n) is 2.14. The van der Waals surface area contributed by atoms with Gasteiger partial charge in [0, 0.05) is 12.3 Å². The van der Waals surface area contributed by atoms with Gasteiger partial charge in [-0.3, -0.25) is 0 Å². The molecule has 2 nitrogen and oxygen atoms in total. The van der Waals surface area contributed by atoms with E-state index >= 15 is 0 Å². The fraction of sp³-hybridized carbons (Fsp3) is 0.455. The zero-order valence-electron chi connectivity index (χ0n) is 9.93. The molecule has 0 heterocycles. The predicted molar refractivity (Wildman–Crippen MR) is 66.9 cm³/mol. The van der Waals surface area contributed by atoms with Gasteiger partial charge in [0.25, 0.3) is 0 Å². The number of rotatable bonds is 4. The lowest BCUT2D eigenvalue weighted by molar-refractivity contribution is 0.0517. The molecule has 0 aromatic heterocycles. The Bertz CT molecular complexity index is 377. The molecule has 0 unspecified atom stereocenters. The smallest absolute Gasteiger partial charge is 0.188 e. The Balaban J connectivity index is 3.22. The lowest BCUT2D eigenvalue weighted by atomic mass is 10.3. The van der Waals surface area contributed by atoms with Crippen LogP contribution in [0.5, 0.6) is 5.75 Å². The first-order chi connectivity index (χ1) is 7.38. The molecule has 0 radical (unpaired) electrons. The highest BCUT2D eigenvalue weighted by Crippen LogP contribution is 2.22. The first-order valence-corrected chi connectivity index (χ1v) is 8.86. The molecule has 0 amide bonds. The molecule has 16 heavy (non-hydrogen) atoms. The molecule has 0 spiro atoms. The highest BCUT2D eigenvalue weighted by atomic mass is 35.5. The molecule has 0 aliphatic heterocycles. The normalized spacial score (nSPS) is 11.6. The highest BCUT2D eigenvalue weighted by Gasteiger charge is 2.27. The largest absolute Gasteiger partial charge is 0.468 e. The summed E-state index contributed by atoms with van der Waals surface area (Å²) in [7, 11) is -0.316. The van der Waals surface area contributed by atoms with E-state index in [1.54, 1.807) is 6.07 Å². The third-order valence-corrected chi connectivity index (χ3v) is 4.40. The molecule has 0 atom stereocenters. The van der Waals surface area contributed by atoms with Crippen LogP contribution < -0.4 is 9.92 Å². The van der Waals surface area contributed by atoms with Crippen LogP contribution in [0.25, 0.3) is 0 Å². The van der Waals surface area contributed by atoms with Gasteiger partial charge >= 0.3 is 0 Å². The van der Waals surface area contributed by atoms with Gasteiger partial charge in [0.1, 0.15) is 11.6 Å². The van der Waals surface area contributed by atoms with E-state index in [9.17, 15) is 4.39 Å². The van der Waals surface area contributed by atoms with Gasteiger partial charge in [0.2, 0.25) is 0 Å². The summed E-state index contributed by atoms with van der Waals surface area (Å²) in [6.07, 6.45) is 0. The zero-order valence-corrected chi connectivity index (χ0v) is 11.7. The first kappa shape index (κ1) is 13.5. The third kappa shape index (κ3) is 2.96. The molecular weight excluding hydrogens is 247 g/mol. The van der Waals surface area contributed by atoms with Crippen molar-refractivity contribution in [3.8, 4) is 5.75 Å². The second kappa shape index (κ2) is 5.16. The Hall–Kier alpha value is -0.583. The van der Waals surface area contributed by atoms with E-state index in [-0.39, 0.29) is 17.6 Å². The molecule has 90 valence electrons. The molecule has 0 aliphatic rings. The van der Waals surface area contributed by atoms with Gasteiger partial charge in [-0.25, -0.2) is 4.39 Å². The summed E-state index contributed by atoms with van der Waals surface area (Å²) in [5.74, 6) is 0.164. The molecule has 0 bridgehead atoms. The zero-order chi connectivity index (χ0) is 12.3. The van der Waals surface area contributed by atoms with Crippen molar-refractivity contribution in [2.45, 2.75) is 19.6 Å². The van der Waals surface area contributed by atoms with Crippen LogP contribution in [-0.4, -0.2) is 22.0 Å². The van der Waals surface area contributed by atoms with Crippen molar-refractivity contribution < 1.29 is 13.9 Å². The van der Waals surface area contributed by atoms with E-state index in [4.69, 9.17) is 21.1 Å². The van der Waals surface area contributed by atoms with E-state index in [0.717, 1.165) is 0 Å². The van der Waals surface area contributed by atoms with Crippen LogP contribution in [0.4, 0.5) is 4.39 Å². The van der Waals surface area contributed by atoms with E-state index in [1.165, 1.54) is 13.2 Å². The van der Waals surface area contributed by atoms with Crippen molar-refractivity contribution in [3.05, 3.63) is 23.0 Å². The lowest BCUT2D eigenvalue weighted by Gasteiger charge is -2.22. The quantitative estimate of drug-likeness (QED) is 0.614. The van der Waals surface area contributed by atoms with Gasteiger partial charge in [0.05, 0.1) is 13.1 Å².